The first kappa shape index (κ1) is 22.9. The van der Waals surface area contributed by atoms with Crippen LogP contribution in [0.4, 0.5) is 0 Å². The number of benzene rings is 1. The molecule has 1 aromatic heterocycles. The van der Waals surface area contributed by atoms with E-state index in [2.05, 4.69) is 21.7 Å². The summed E-state index contributed by atoms with van der Waals surface area (Å²) in [5, 5.41) is 21.8. The Hall–Kier alpha value is -1.73. The molecule has 0 bridgehead atoms. The van der Waals surface area contributed by atoms with E-state index in [1.165, 1.54) is 32.1 Å². The van der Waals surface area contributed by atoms with Crippen LogP contribution in [0.25, 0.3) is 10.9 Å². The van der Waals surface area contributed by atoms with E-state index in [0.29, 0.717) is 6.54 Å². The van der Waals surface area contributed by atoms with Crippen LogP contribution in [0.15, 0.2) is 30.5 Å². The molecule has 0 spiro atoms. The summed E-state index contributed by atoms with van der Waals surface area (Å²) in [6.45, 7) is 6.65. The quantitative estimate of drug-likeness (QED) is 0.549. The van der Waals surface area contributed by atoms with Gasteiger partial charge < -0.3 is 14.9 Å². The van der Waals surface area contributed by atoms with Gasteiger partial charge in [-0.15, -0.1) is 0 Å². The van der Waals surface area contributed by atoms with Gasteiger partial charge in [0.25, 0.3) is 0 Å². The fraction of sp³-hybridized carbons (Fsp3) is 0.625. The molecule has 2 N–H and O–H groups in total. The third kappa shape index (κ3) is 5.91. The molecule has 0 radical (unpaired) electrons. The molecule has 1 fully saturated rings. The Morgan fingerprint density at radius 3 is 2.77 bits per heavy atom. The van der Waals surface area contributed by atoms with E-state index in [0.717, 1.165) is 48.4 Å². The highest BCUT2D eigenvalue weighted by atomic mass is 16.5. The van der Waals surface area contributed by atoms with Crippen LogP contribution >= 0.6 is 0 Å². The van der Waals surface area contributed by atoms with Crippen molar-refractivity contribution >= 4 is 10.9 Å². The molecule has 166 valence electrons. The molecule has 0 saturated carbocycles. The van der Waals surface area contributed by atoms with Crippen LogP contribution < -0.4 is 4.74 Å². The molecule has 1 saturated heterocycles. The lowest BCUT2D eigenvalue weighted by atomic mass is 10.0. The van der Waals surface area contributed by atoms with Crippen LogP contribution in [0.3, 0.4) is 0 Å². The maximum atomic E-state index is 11.0. The second-order valence-corrected chi connectivity index (χ2v) is 8.35. The molecule has 6 nitrogen and oxygen atoms in total. The molecule has 2 aromatic rings. The van der Waals surface area contributed by atoms with Gasteiger partial charge in [0.2, 0.25) is 0 Å². The van der Waals surface area contributed by atoms with Crippen LogP contribution in [0.1, 0.15) is 50.7 Å². The molecular formula is C24H37N3O3. The minimum atomic E-state index is -0.609. The van der Waals surface area contributed by atoms with Gasteiger partial charge in [0.15, 0.2) is 0 Å². The molecular weight excluding hydrogens is 378 g/mol. The zero-order chi connectivity index (χ0) is 21.3. The van der Waals surface area contributed by atoms with Gasteiger partial charge in [0, 0.05) is 43.8 Å². The first-order chi connectivity index (χ1) is 14.7. The Balaban J connectivity index is 1.59. The maximum Gasteiger partial charge on any atom is 0.119 e. The van der Waals surface area contributed by atoms with Gasteiger partial charge in [-0.3, -0.25) is 14.8 Å². The summed E-state index contributed by atoms with van der Waals surface area (Å²) in [5.41, 5.74) is 1.73. The third-order valence-corrected chi connectivity index (χ3v) is 6.22. The molecule has 1 aliphatic rings. The van der Waals surface area contributed by atoms with Gasteiger partial charge in [-0.05, 0) is 42.8 Å². The van der Waals surface area contributed by atoms with Gasteiger partial charge in [0.05, 0.1) is 25.3 Å². The Morgan fingerprint density at radius 1 is 1.17 bits per heavy atom. The number of pyridine rings is 1. The summed E-state index contributed by atoms with van der Waals surface area (Å²) >= 11 is 0. The lowest BCUT2D eigenvalue weighted by Gasteiger charge is -2.41. The van der Waals surface area contributed by atoms with Crippen molar-refractivity contribution in [2.75, 3.05) is 46.4 Å². The second-order valence-electron chi connectivity index (χ2n) is 8.35. The normalized spacial score (nSPS) is 19.3. The molecule has 0 aliphatic carbocycles. The lowest BCUT2D eigenvalue weighted by molar-refractivity contribution is 0.0170. The number of hydrogen-bond donors (Lipinski definition) is 2. The Kier molecular flexibility index (Phi) is 8.88. The molecule has 3 rings (SSSR count). The summed E-state index contributed by atoms with van der Waals surface area (Å²) in [6.07, 6.45) is 7.48. The van der Waals surface area contributed by atoms with Crippen LogP contribution in [0.5, 0.6) is 5.75 Å². The smallest absolute Gasteiger partial charge is 0.119 e. The molecule has 0 amide bonds. The van der Waals surface area contributed by atoms with Crippen molar-refractivity contribution in [2.24, 2.45) is 0 Å². The SMILES string of the molecule is CCCCCCCN1CCN(C[C@H](O)c2ccnc3ccc(OC)cc23)C[C@@H]1CO. The van der Waals surface area contributed by atoms with Crippen LogP contribution in [-0.2, 0) is 0 Å². The maximum absolute atomic E-state index is 11.0. The van der Waals surface area contributed by atoms with Crippen molar-refractivity contribution in [3.8, 4) is 5.75 Å². The van der Waals surface area contributed by atoms with Crippen molar-refractivity contribution < 1.29 is 14.9 Å². The van der Waals surface area contributed by atoms with Crippen LogP contribution in [-0.4, -0.2) is 77.5 Å². The van der Waals surface area contributed by atoms with Crippen molar-refractivity contribution in [2.45, 2.75) is 51.2 Å². The minimum Gasteiger partial charge on any atom is -0.497 e. The summed E-state index contributed by atoms with van der Waals surface area (Å²) < 4.78 is 5.35. The molecule has 2 atom stereocenters. The monoisotopic (exact) mass is 415 g/mol. The van der Waals surface area contributed by atoms with Gasteiger partial charge in [-0.25, -0.2) is 0 Å². The standard InChI is InChI=1S/C24H37N3O3/c1-3-4-5-6-7-12-27-14-13-26(16-19(27)18-28)17-24(29)21-10-11-25-23-9-8-20(30-2)15-22(21)23/h8-11,15,19,24,28-29H,3-7,12-14,16-18H2,1-2H3/t19-,24+/m1/s1. The molecule has 1 aliphatic heterocycles. The Labute approximate surface area is 180 Å². The number of nitrogens with zero attached hydrogens (tertiary/aromatic N) is 3. The van der Waals surface area contributed by atoms with E-state index < -0.39 is 6.10 Å². The molecule has 0 unspecified atom stereocenters. The second kappa shape index (κ2) is 11.6. The summed E-state index contributed by atoms with van der Waals surface area (Å²) in [6, 6.07) is 7.78. The average molecular weight is 416 g/mol. The Morgan fingerprint density at radius 2 is 2.00 bits per heavy atom. The van der Waals surface area contributed by atoms with Crippen molar-refractivity contribution in [1.29, 1.82) is 0 Å². The number of methoxy groups -OCH3 is 1. The van der Waals surface area contributed by atoms with Crippen LogP contribution in [0.2, 0.25) is 0 Å². The van der Waals surface area contributed by atoms with Crippen molar-refractivity contribution in [3.63, 3.8) is 0 Å². The van der Waals surface area contributed by atoms with E-state index in [-0.39, 0.29) is 12.6 Å². The number of hydrogen-bond acceptors (Lipinski definition) is 6. The van der Waals surface area contributed by atoms with Crippen LogP contribution in [0, 0.1) is 0 Å². The van der Waals surface area contributed by atoms with E-state index in [1.54, 1.807) is 13.3 Å². The highest BCUT2D eigenvalue weighted by molar-refractivity contribution is 5.83. The summed E-state index contributed by atoms with van der Waals surface area (Å²) in [7, 11) is 1.64. The summed E-state index contributed by atoms with van der Waals surface area (Å²) in [4.78, 5) is 9.10. The van der Waals surface area contributed by atoms with E-state index >= 15 is 0 Å². The number of β-amino-alcohol motifs (C(OH)–C–C–N with tert-alkyl or cyclic N) is 1. The largest absolute Gasteiger partial charge is 0.497 e. The topological polar surface area (TPSA) is 69.1 Å². The number of aromatic nitrogens is 1. The van der Waals surface area contributed by atoms with Gasteiger partial charge in [0.1, 0.15) is 5.75 Å². The number of aliphatic hydroxyl groups excluding tert-OH is 2. The Bertz CT molecular complexity index is 785. The number of fused-ring (bicyclic) bond motifs is 1. The molecule has 1 aromatic carbocycles. The number of unbranched alkanes of at least 4 members (excludes halogenated alkanes) is 4. The fourth-order valence-corrected chi connectivity index (χ4v) is 4.42. The van der Waals surface area contributed by atoms with E-state index in [9.17, 15) is 10.2 Å². The lowest BCUT2D eigenvalue weighted by Crippen LogP contribution is -2.55. The van der Waals surface area contributed by atoms with E-state index in [1.807, 2.05) is 24.3 Å². The molecule has 6 heteroatoms. The first-order valence-corrected chi connectivity index (χ1v) is 11.3. The van der Waals surface area contributed by atoms with Gasteiger partial charge >= 0.3 is 0 Å². The zero-order valence-corrected chi connectivity index (χ0v) is 18.5. The first-order valence-electron chi connectivity index (χ1n) is 11.3. The number of aliphatic hydroxyl groups is 2. The zero-order valence-electron chi connectivity index (χ0n) is 18.5. The fourth-order valence-electron chi connectivity index (χ4n) is 4.42. The molecule has 30 heavy (non-hydrogen) atoms. The predicted molar refractivity (Wildman–Crippen MR) is 121 cm³/mol. The minimum absolute atomic E-state index is 0.145. The number of ether oxygens (including phenoxy) is 1. The third-order valence-electron chi connectivity index (χ3n) is 6.22. The highest BCUT2D eigenvalue weighted by Gasteiger charge is 2.27. The molecule has 2 heterocycles. The van der Waals surface area contributed by atoms with Gasteiger partial charge in [-0.1, -0.05) is 32.6 Å². The average Bonchev–Trinajstić information content (AvgIpc) is 2.78. The van der Waals surface area contributed by atoms with Gasteiger partial charge in [-0.2, -0.15) is 0 Å². The van der Waals surface area contributed by atoms with Crippen molar-refractivity contribution in [3.05, 3.63) is 36.0 Å². The highest BCUT2D eigenvalue weighted by Crippen LogP contribution is 2.27. The summed E-state index contributed by atoms with van der Waals surface area (Å²) in [5.74, 6) is 0.761. The van der Waals surface area contributed by atoms with Crippen molar-refractivity contribution in [1.82, 2.24) is 14.8 Å². The number of rotatable bonds is 11. The van der Waals surface area contributed by atoms with E-state index in [4.69, 9.17) is 4.74 Å². The number of piperazine rings is 1. The predicted octanol–water partition coefficient (Wildman–Crippen LogP) is 3.23.